The molecule has 0 fully saturated rings. The lowest BCUT2D eigenvalue weighted by molar-refractivity contribution is 0.693. The number of aryl methyl sites for hydroxylation is 2. The van der Waals surface area contributed by atoms with E-state index in [2.05, 4.69) is 86.0 Å². The van der Waals surface area contributed by atoms with Crippen molar-refractivity contribution in [2.24, 2.45) is 9.98 Å². The monoisotopic (exact) mass is 374 g/mol. The van der Waals surface area contributed by atoms with Gasteiger partial charge in [0.25, 0.3) is 0 Å². The first-order valence-electron chi connectivity index (χ1n) is 10.4. The zero-order valence-corrected chi connectivity index (χ0v) is 17.4. The van der Waals surface area contributed by atoms with Crippen molar-refractivity contribution in [1.29, 1.82) is 0 Å². The van der Waals surface area contributed by atoms with Crippen molar-refractivity contribution in [3.05, 3.63) is 59.7 Å². The standard InChI is InChI=1S/C24H30N4/c1-5-19-15-27(21-11-7-17(3)8-12-21)23(25-19)24-26-20(6-2)16-28(24)22-13-9-18(4)10-14-22/h7-14,19-20H,5-6,15-16H2,1-4H3. The molecular formula is C24H30N4. The molecule has 146 valence electrons. The Labute approximate surface area is 168 Å². The molecule has 0 aromatic heterocycles. The molecule has 2 atom stereocenters. The minimum Gasteiger partial charge on any atom is -0.321 e. The summed E-state index contributed by atoms with van der Waals surface area (Å²) in [5.74, 6) is 2.04. The molecule has 0 spiro atoms. The molecule has 4 rings (SSSR count). The van der Waals surface area contributed by atoms with E-state index in [4.69, 9.17) is 9.98 Å². The molecular weight excluding hydrogens is 344 g/mol. The van der Waals surface area contributed by atoms with Crippen molar-refractivity contribution in [3.63, 3.8) is 0 Å². The van der Waals surface area contributed by atoms with E-state index in [-0.39, 0.29) is 0 Å². The summed E-state index contributed by atoms with van der Waals surface area (Å²) < 4.78 is 0. The summed E-state index contributed by atoms with van der Waals surface area (Å²) in [5.41, 5.74) is 4.96. The Kier molecular flexibility index (Phi) is 5.21. The Balaban J connectivity index is 1.73. The van der Waals surface area contributed by atoms with E-state index < -0.39 is 0 Å². The van der Waals surface area contributed by atoms with Gasteiger partial charge in [-0.3, -0.25) is 9.98 Å². The van der Waals surface area contributed by atoms with E-state index in [9.17, 15) is 0 Å². The second-order valence-corrected chi connectivity index (χ2v) is 7.92. The highest BCUT2D eigenvalue weighted by Gasteiger charge is 2.36. The van der Waals surface area contributed by atoms with Crippen molar-refractivity contribution >= 4 is 23.0 Å². The van der Waals surface area contributed by atoms with Crippen LogP contribution >= 0.6 is 0 Å². The molecule has 4 heteroatoms. The number of benzene rings is 2. The maximum atomic E-state index is 5.10. The largest absolute Gasteiger partial charge is 0.321 e. The number of hydrogen-bond acceptors (Lipinski definition) is 4. The lowest BCUT2D eigenvalue weighted by atomic mass is 10.2. The highest BCUT2D eigenvalue weighted by molar-refractivity contribution is 6.50. The third-order valence-corrected chi connectivity index (χ3v) is 5.74. The average molecular weight is 375 g/mol. The fourth-order valence-electron chi connectivity index (χ4n) is 3.86. The van der Waals surface area contributed by atoms with Crippen LogP contribution in [-0.2, 0) is 0 Å². The molecule has 2 aliphatic rings. The summed E-state index contributed by atoms with van der Waals surface area (Å²) in [7, 11) is 0. The summed E-state index contributed by atoms with van der Waals surface area (Å²) in [6, 6.07) is 18.1. The first-order chi connectivity index (χ1) is 13.6. The fourth-order valence-corrected chi connectivity index (χ4v) is 3.86. The molecule has 2 heterocycles. The van der Waals surface area contributed by atoms with Crippen molar-refractivity contribution in [1.82, 2.24) is 0 Å². The SMILES string of the molecule is CCC1CN(c2ccc(C)cc2)C(C2=NC(CC)CN2c2ccc(C)cc2)=N1. The minimum atomic E-state index is 0.319. The fraction of sp³-hybridized carbons (Fsp3) is 0.417. The van der Waals surface area contributed by atoms with Gasteiger partial charge in [0, 0.05) is 24.5 Å². The van der Waals surface area contributed by atoms with Crippen LogP contribution in [-0.4, -0.2) is 36.8 Å². The molecule has 0 bridgehead atoms. The third kappa shape index (κ3) is 3.56. The summed E-state index contributed by atoms with van der Waals surface area (Å²) in [4.78, 5) is 14.9. The van der Waals surface area contributed by atoms with Gasteiger partial charge in [0.1, 0.15) is 0 Å². The van der Waals surface area contributed by atoms with Gasteiger partial charge >= 0.3 is 0 Å². The molecule has 2 unspecified atom stereocenters. The minimum absolute atomic E-state index is 0.319. The molecule has 0 N–H and O–H groups in total. The average Bonchev–Trinajstić information content (AvgIpc) is 3.33. The maximum absolute atomic E-state index is 5.10. The molecule has 2 aliphatic heterocycles. The Morgan fingerprint density at radius 1 is 0.679 bits per heavy atom. The molecule has 28 heavy (non-hydrogen) atoms. The topological polar surface area (TPSA) is 31.2 Å². The van der Waals surface area contributed by atoms with Gasteiger partial charge in [-0.15, -0.1) is 0 Å². The van der Waals surface area contributed by atoms with Gasteiger partial charge < -0.3 is 9.80 Å². The lowest BCUT2D eigenvalue weighted by Crippen LogP contribution is -2.42. The molecule has 0 saturated carbocycles. The Morgan fingerprint density at radius 3 is 1.36 bits per heavy atom. The predicted molar refractivity (Wildman–Crippen MR) is 120 cm³/mol. The second kappa shape index (κ2) is 7.78. The number of anilines is 2. The van der Waals surface area contributed by atoms with Crippen LogP contribution in [0.2, 0.25) is 0 Å². The number of amidine groups is 2. The first-order valence-corrected chi connectivity index (χ1v) is 10.4. The van der Waals surface area contributed by atoms with Gasteiger partial charge in [-0.1, -0.05) is 49.2 Å². The molecule has 0 amide bonds. The van der Waals surface area contributed by atoms with E-state index in [1.165, 1.54) is 22.5 Å². The zero-order valence-electron chi connectivity index (χ0n) is 17.4. The van der Waals surface area contributed by atoms with Crippen LogP contribution in [0.1, 0.15) is 37.8 Å². The smallest absolute Gasteiger partial charge is 0.172 e. The number of nitrogens with zero attached hydrogens (tertiary/aromatic N) is 4. The van der Waals surface area contributed by atoms with E-state index in [1.807, 2.05) is 0 Å². The van der Waals surface area contributed by atoms with Crippen LogP contribution in [0, 0.1) is 13.8 Å². The van der Waals surface area contributed by atoms with Gasteiger partial charge in [0.05, 0.1) is 12.1 Å². The van der Waals surface area contributed by atoms with Crippen LogP contribution < -0.4 is 9.80 Å². The summed E-state index contributed by atoms with van der Waals surface area (Å²) >= 11 is 0. The molecule has 2 aromatic carbocycles. The van der Waals surface area contributed by atoms with Gasteiger partial charge in [0.2, 0.25) is 0 Å². The van der Waals surface area contributed by atoms with E-state index in [0.29, 0.717) is 12.1 Å². The molecule has 2 aromatic rings. The van der Waals surface area contributed by atoms with Gasteiger partial charge in [-0.05, 0) is 51.0 Å². The number of hydrogen-bond donors (Lipinski definition) is 0. The highest BCUT2D eigenvalue weighted by atomic mass is 15.4. The van der Waals surface area contributed by atoms with Crippen LogP contribution in [0.5, 0.6) is 0 Å². The van der Waals surface area contributed by atoms with E-state index in [1.54, 1.807) is 0 Å². The van der Waals surface area contributed by atoms with E-state index in [0.717, 1.165) is 37.6 Å². The van der Waals surface area contributed by atoms with Crippen LogP contribution in [0.4, 0.5) is 11.4 Å². The quantitative estimate of drug-likeness (QED) is 0.738. The Hall–Kier alpha value is -2.62. The van der Waals surface area contributed by atoms with Crippen molar-refractivity contribution < 1.29 is 0 Å². The Morgan fingerprint density at radius 2 is 1.04 bits per heavy atom. The lowest BCUT2D eigenvalue weighted by Gasteiger charge is -2.26. The molecule has 0 aliphatic carbocycles. The maximum Gasteiger partial charge on any atom is 0.172 e. The van der Waals surface area contributed by atoms with E-state index >= 15 is 0 Å². The first kappa shape index (κ1) is 18.7. The van der Waals surface area contributed by atoms with Crippen molar-refractivity contribution in [2.45, 2.75) is 52.6 Å². The Bertz CT molecular complexity index is 804. The number of rotatable bonds is 5. The summed E-state index contributed by atoms with van der Waals surface area (Å²) in [5, 5.41) is 0. The molecule has 0 saturated heterocycles. The molecule has 0 radical (unpaired) electrons. The van der Waals surface area contributed by atoms with Gasteiger partial charge in [0.15, 0.2) is 11.7 Å². The number of aliphatic imine (C=N–C) groups is 2. The highest BCUT2D eigenvalue weighted by Crippen LogP contribution is 2.28. The molecule has 4 nitrogen and oxygen atoms in total. The van der Waals surface area contributed by atoms with Gasteiger partial charge in [-0.25, -0.2) is 0 Å². The summed E-state index contributed by atoms with van der Waals surface area (Å²) in [6.07, 6.45) is 2.09. The summed E-state index contributed by atoms with van der Waals surface area (Å²) in [6.45, 7) is 10.5. The van der Waals surface area contributed by atoms with Crippen LogP contribution in [0.15, 0.2) is 58.5 Å². The zero-order chi connectivity index (χ0) is 19.7. The van der Waals surface area contributed by atoms with Crippen LogP contribution in [0.3, 0.4) is 0 Å². The van der Waals surface area contributed by atoms with Crippen LogP contribution in [0.25, 0.3) is 0 Å². The second-order valence-electron chi connectivity index (χ2n) is 7.92. The van der Waals surface area contributed by atoms with Gasteiger partial charge in [-0.2, -0.15) is 0 Å². The third-order valence-electron chi connectivity index (χ3n) is 5.74. The predicted octanol–water partition coefficient (Wildman–Crippen LogP) is 5.00. The normalized spacial score (nSPS) is 21.9. The van der Waals surface area contributed by atoms with Crippen molar-refractivity contribution in [3.8, 4) is 0 Å². The van der Waals surface area contributed by atoms with Crippen molar-refractivity contribution in [2.75, 3.05) is 22.9 Å².